The molecule has 13 heavy (non-hydrogen) atoms. The lowest BCUT2D eigenvalue weighted by atomic mass is 9.89. The topological polar surface area (TPSA) is 50.9 Å². The zero-order valence-corrected chi connectivity index (χ0v) is 8.65. The van der Waals surface area contributed by atoms with Crippen molar-refractivity contribution in [3.05, 3.63) is 12.2 Å². The fourth-order valence-corrected chi connectivity index (χ4v) is 1.00. The Hall–Kier alpha value is -0.900. The van der Waals surface area contributed by atoms with Gasteiger partial charge in [-0.05, 0) is 12.8 Å². The van der Waals surface area contributed by atoms with Crippen molar-refractivity contribution >= 4 is 0 Å². The van der Waals surface area contributed by atoms with E-state index in [0.717, 1.165) is 5.82 Å². The maximum atomic E-state index is 10.0. The van der Waals surface area contributed by atoms with E-state index in [4.69, 9.17) is 0 Å². The monoisotopic (exact) mass is 183 g/mol. The van der Waals surface area contributed by atoms with Gasteiger partial charge in [0.05, 0.1) is 5.60 Å². The van der Waals surface area contributed by atoms with Gasteiger partial charge in [0.15, 0.2) is 0 Å². The first-order chi connectivity index (χ1) is 5.93. The van der Waals surface area contributed by atoms with Crippen molar-refractivity contribution in [2.24, 2.45) is 13.0 Å². The van der Waals surface area contributed by atoms with Crippen LogP contribution in [-0.4, -0.2) is 25.5 Å². The molecule has 0 radical (unpaired) electrons. The number of hydrogen-bond donors (Lipinski definition) is 1. The smallest absolute Gasteiger partial charge is 0.138 e. The summed E-state index contributed by atoms with van der Waals surface area (Å²) in [6.45, 7) is 5.82. The molecule has 74 valence electrons. The molecule has 1 heterocycles. The molecule has 0 spiro atoms. The Bertz CT molecular complexity index is 278. The van der Waals surface area contributed by atoms with E-state index < -0.39 is 5.60 Å². The van der Waals surface area contributed by atoms with E-state index in [1.807, 2.05) is 27.8 Å². The first-order valence-corrected chi connectivity index (χ1v) is 4.48. The molecule has 1 unspecified atom stereocenters. The Morgan fingerprint density at radius 1 is 1.62 bits per heavy atom. The SMILES string of the molecule is CC(C)C(C)(O)Cc1ncnn1C. The van der Waals surface area contributed by atoms with Gasteiger partial charge in [0.1, 0.15) is 12.2 Å². The third-order valence-corrected chi connectivity index (χ3v) is 2.56. The van der Waals surface area contributed by atoms with Crippen LogP contribution in [0.25, 0.3) is 0 Å². The van der Waals surface area contributed by atoms with Gasteiger partial charge in [-0.1, -0.05) is 13.8 Å². The molecule has 1 aromatic rings. The van der Waals surface area contributed by atoms with Crippen molar-refractivity contribution in [1.82, 2.24) is 14.8 Å². The van der Waals surface area contributed by atoms with Crippen LogP contribution in [0.3, 0.4) is 0 Å². The van der Waals surface area contributed by atoms with Gasteiger partial charge in [-0.15, -0.1) is 0 Å². The van der Waals surface area contributed by atoms with E-state index in [1.54, 1.807) is 4.68 Å². The number of aromatic nitrogens is 3. The number of rotatable bonds is 3. The molecule has 0 bridgehead atoms. The number of nitrogens with zero attached hydrogens (tertiary/aromatic N) is 3. The highest BCUT2D eigenvalue weighted by Gasteiger charge is 2.26. The van der Waals surface area contributed by atoms with Crippen LogP contribution in [0.5, 0.6) is 0 Å². The Kier molecular flexibility index (Phi) is 2.71. The zero-order chi connectivity index (χ0) is 10.1. The second-order valence-corrected chi connectivity index (χ2v) is 3.99. The molecule has 0 saturated carbocycles. The van der Waals surface area contributed by atoms with Gasteiger partial charge in [0.25, 0.3) is 0 Å². The summed E-state index contributed by atoms with van der Waals surface area (Å²) in [5.41, 5.74) is -0.708. The van der Waals surface area contributed by atoms with Crippen LogP contribution in [0.15, 0.2) is 6.33 Å². The lowest BCUT2D eigenvalue weighted by molar-refractivity contribution is 0.0114. The molecule has 1 rings (SSSR count). The summed E-state index contributed by atoms with van der Waals surface area (Å²) in [6, 6.07) is 0. The fourth-order valence-electron chi connectivity index (χ4n) is 1.00. The van der Waals surface area contributed by atoms with E-state index >= 15 is 0 Å². The second kappa shape index (κ2) is 3.46. The molecule has 1 N–H and O–H groups in total. The molecule has 0 aliphatic carbocycles. The van der Waals surface area contributed by atoms with Gasteiger partial charge in [-0.3, -0.25) is 4.68 Å². The Morgan fingerprint density at radius 3 is 2.62 bits per heavy atom. The molecule has 0 fully saturated rings. The van der Waals surface area contributed by atoms with Crippen LogP contribution >= 0.6 is 0 Å². The van der Waals surface area contributed by atoms with Crippen LogP contribution in [-0.2, 0) is 13.5 Å². The Balaban J connectivity index is 2.74. The molecular weight excluding hydrogens is 166 g/mol. The van der Waals surface area contributed by atoms with E-state index in [1.165, 1.54) is 6.33 Å². The van der Waals surface area contributed by atoms with E-state index in [0.29, 0.717) is 6.42 Å². The minimum atomic E-state index is -0.708. The van der Waals surface area contributed by atoms with Crippen LogP contribution < -0.4 is 0 Å². The number of aliphatic hydroxyl groups is 1. The maximum Gasteiger partial charge on any atom is 0.138 e. The van der Waals surface area contributed by atoms with Crippen molar-refractivity contribution in [2.75, 3.05) is 0 Å². The highest BCUT2D eigenvalue weighted by Crippen LogP contribution is 2.19. The Morgan fingerprint density at radius 2 is 2.23 bits per heavy atom. The van der Waals surface area contributed by atoms with Gasteiger partial charge < -0.3 is 5.11 Å². The predicted molar refractivity (Wildman–Crippen MR) is 50.2 cm³/mol. The summed E-state index contributed by atoms with van der Waals surface area (Å²) < 4.78 is 1.69. The number of aryl methyl sites for hydroxylation is 1. The van der Waals surface area contributed by atoms with E-state index in [9.17, 15) is 5.11 Å². The fraction of sp³-hybridized carbons (Fsp3) is 0.778. The van der Waals surface area contributed by atoms with Crippen molar-refractivity contribution < 1.29 is 5.11 Å². The quantitative estimate of drug-likeness (QED) is 0.752. The summed E-state index contributed by atoms with van der Waals surface area (Å²) in [6.07, 6.45) is 2.05. The van der Waals surface area contributed by atoms with Crippen LogP contribution in [0.4, 0.5) is 0 Å². The van der Waals surface area contributed by atoms with Gasteiger partial charge in [-0.2, -0.15) is 5.10 Å². The van der Waals surface area contributed by atoms with Crippen LogP contribution in [0.2, 0.25) is 0 Å². The van der Waals surface area contributed by atoms with Gasteiger partial charge >= 0.3 is 0 Å². The molecule has 0 saturated heterocycles. The second-order valence-electron chi connectivity index (χ2n) is 3.99. The third kappa shape index (κ3) is 2.28. The predicted octanol–water partition coefficient (Wildman–Crippen LogP) is 0.765. The molecule has 0 aliphatic heterocycles. The molecule has 0 aromatic carbocycles. The minimum Gasteiger partial charge on any atom is -0.389 e. The van der Waals surface area contributed by atoms with Crippen molar-refractivity contribution in [1.29, 1.82) is 0 Å². The van der Waals surface area contributed by atoms with Crippen molar-refractivity contribution in [3.63, 3.8) is 0 Å². The summed E-state index contributed by atoms with van der Waals surface area (Å²) in [5, 5.41) is 14.0. The average molecular weight is 183 g/mol. The summed E-state index contributed by atoms with van der Waals surface area (Å²) in [7, 11) is 1.83. The summed E-state index contributed by atoms with van der Waals surface area (Å²) >= 11 is 0. The normalized spacial score (nSPS) is 16.2. The lowest BCUT2D eigenvalue weighted by Crippen LogP contribution is -2.34. The van der Waals surface area contributed by atoms with E-state index in [2.05, 4.69) is 10.1 Å². The molecule has 1 atom stereocenters. The maximum absolute atomic E-state index is 10.0. The molecule has 1 aromatic heterocycles. The van der Waals surface area contributed by atoms with Gasteiger partial charge in [0, 0.05) is 13.5 Å². The van der Waals surface area contributed by atoms with Crippen LogP contribution in [0.1, 0.15) is 26.6 Å². The van der Waals surface area contributed by atoms with Gasteiger partial charge in [0.2, 0.25) is 0 Å². The summed E-state index contributed by atoms with van der Waals surface area (Å²) in [4.78, 5) is 4.08. The summed E-state index contributed by atoms with van der Waals surface area (Å²) in [5.74, 6) is 1.03. The molecule has 0 amide bonds. The highest BCUT2D eigenvalue weighted by molar-refractivity contribution is 4.93. The number of hydrogen-bond acceptors (Lipinski definition) is 3. The molecular formula is C9H17N3O. The van der Waals surface area contributed by atoms with Crippen molar-refractivity contribution in [3.8, 4) is 0 Å². The zero-order valence-electron chi connectivity index (χ0n) is 8.65. The first kappa shape index (κ1) is 10.2. The first-order valence-electron chi connectivity index (χ1n) is 4.48. The third-order valence-electron chi connectivity index (χ3n) is 2.56. The largest absolute Gasteiger partial charge is 0.389 e. The Labute approximate surface area is 78.6 Å². The van der Waals surface area contributed by atoms with E-state index in [-0.39, 0.29) is 5.92 Å². The van der Waals surface area contributed by atoms with Gasteiger partial charge in [-0.25, -0.2) is 4.98 Å². The standard InChI is InChI=1S/C9H17N3O/c1-7(2)9(3,13)5-8-10-6-11-12(8)4/h6-7,13H,5H2,1-4H3. The van der Waals surface area contributed by atoms with Crippen LogP contribution in [0, 0.1) is 5.92 Å². The lowest BCUT2D eigenvalue weighted by Gasteiger charge is -2.26. The molecule has 4 nitrogen and oxygen atoms in total. The highest BCUT2D eigenvalue weighted by atomic mass is 16.3. The minimum absolute atomic E-state index is 0.212. The molecule has 0 aliphatic rings. The molecule has 4 heteroatoms. The average Bonchev–Trinajstić information content (AvgIpc) is 2.35. The van der Waals surface area contributed by atoms with Crippen molar-refractivity contribution in [2.45, 2.75) is 32.8 Å².